The van der Waals surface area contributed by atoms with Gasteiger partial charge in [-0.05, 0) is 35.7 Å². The maximum atomic E-state index is 14.0. The van der Waals surface area contributed by atoms with Crippen LogP contribution >= 0.6 is 0 Å². The summed E-state index contributed by atoms with van der Waals surface area (Å²) in [5.74, 6) is 1.60. The van der Waals surface area contributed by atoms with Crippen molar-refractivity contribution >= 4 is 11.6 Å². The van der Waals surface area contributed by atoms with E-state index in [1.54, 1.807) is 7.11 Å². The number of hydrogen-bond acceptors (Lipinski definition) is 4. The zero-order valence-electron chi connectivity index (χ0n) is 21.1. The molecule has 0 radical (unpaired) electrons. The van der Waals surface area contributed by atoms with Crippen LogP contribution in [0.15, 0.2) is 103 Å². The van der Waals surface area contributed by atoms with Crippen molar-refractivity contribution in [2.24, 2.45) is 0 Å². The smallest absolute Gasteiger partial charge is 0.227 e. The highest BCUT2D eigenvalue weighted by molar-refractivity contribution is 5.80. The number of nitrogens with one attached hydrogen (secondary N) is 1. The van der Waals surface area contributed by atoms with Gasteiger partial charge in [-0.2, -0.15) is 0 Å². The molecular weight excluding hydrogens is 460 g/mol. The molecule has 0 unspecified atom stereocenters. The first-order valence-electron chi connectivity index (χ1n) is 12.7. The zero-order valence-corrected chi connectivity index (χ0v) is 21.1. The molecule has 0 saturated carbocycles. The van der Waals surface area contributed by atoms with E-state index < -0.39 is 0 Å². The number of anilines is 1. The molecule has 1 amide bonds. The molecule has 0 bridgehead atoms. The van der Waals surface area contributed by atoms with Gasteiger partial charge in [0.15, 0.2) is 0 Å². The number of ether oxygens (including phenoxy) is 2. The van der Waals surface area contributed by atoms with Crippen LogP contribution in [0, 0.1) is 0 Å². The van der Waals surface area contributed by atoms with E-state index in [2.05, 4.69) is 35.6 Å². The second kappa shape index (κ2) is 11.7. The van der Waals surface area contributed by atoms with Crippen LogP contribution in [-0.4, -0.2) is 30.6 Å². The number of rotatable bonds is 5. The van der Waals surface area contributed by atoms with Crippen LogP contribution in [-0.2, 0) is 30.7 Å². The lowest BCUT2D eigenvalue weighted by Crippen LogP contribution is -2.45. The lowest BCUT2D eigenvalue weighted by molar-refractivity contribution is -0.134. The number of amides is 1. The van der Waals surface area contributed by atoms with Crippen LogP contribution in [0.3, 0.4) is 0 Å². The van der Waals surface area contributed by atoms with E-state index in [1.807, 2.05) is 77.7 Å². The van der Waals surface area contributed by atoms with E-state index in [0.717, 1.165) is 33.9 Å². The maximum Gasteiger partial charge on any atom is 0.227 e. The molecule has 0 aromatic heterocycles. The largest absolute Gasteiger partial charge is 0.496 e. The van der Waals surface area contributed by atoms with E-state index >= 15 is 0 Å². The summed E-state index contributed by atoms with van der Waals surface area (Å²) >= 11 is 0. The first kappa shape index (κ1) is 24.4. The van der Waals surface area contributed by atoms with Crippen LogP contribution < -0.4 is 14.8 Å². The molecule has 1 heterocycles. The summed E-state index contributed by atoms with van der Waals surface area (Å²) in [7, 11) is 1.64. The van der Waals surface area contributed by atoms with Crippen molar-refractivity contribution in [2.45, 2.75) is 32.0 Å². The van der Waals surface area contributed by atoms with E-state index in [1.165, 1.54) is 5.56 Å². The Labute approximate surface area is 218 Å². The standard InChI is InChI=1S/C32H32N2O3/c1-36-30-17-9-6-13-25(30)20-32(35)34-22-27-15-5-8-16-29(27)33-21-26-14-7-10-18-31(26)37-23-28(34)19-24-11-3-2-4-12-24/h2-18,28,33H,19-23H2,1H3/t28-/m0/s1. The number of methoxy groups -OCH3 is 1. The van der Waals surface area contributed by atoms with Gasteiger partial charge in [0.05, 0.1) is 19.6 Å². The maximum absolute atomic E-state index is 14.0. The molecule has 4 aromatic rings. The van der Waals surface area contributed by atoms with Crippen molar-refractivity contribution in [1.82, 2.24) is 4.90 Å². The summed E-state index contributed by atoms with van der Waals surface area (Å²) in [5.41, 5.74) is 5.23. The Bertz CT molecular complexity index is 1340. The molecule has 0 spiro atoms. The van der Waals surface area contributed by atoms with Crippen LogP contribution in [0.25, 0.3) is 0 Å². The Morgan fingerprint density at radius 2 is 1.59 bits per heavy atom. The minimum absolute atomic E-state index is 0.0383. The number of fused-ring (bicyclic) bond motifs is 2. The fourth-order valence-electron chi connectivity index (χ4n) is 4.86. The summed E-state index contributed by atoms with van der Waals surface area (Å²) in [6.07, 6.45) is 0.942. The lowest BCUT2D eigenvalue weighted by atomic mass is 10.0. The third kappa shape index (κ3) is 5.95. The molecule has 5 heteroatoms. The van der Waals surface area contributed by atoms with Gasteiger partial charge in [0.1, 0.15) is 18.1 Å². The summed E-state index contributed by atoms with van der Waals surface area (Å²) in [4.78, 5) is 16.0. The molecule has 4 aromatic carbocycles. The second-order valence-corrected chi connectivity index (χ2v) is 9.28. The monoisotopic (exact) mass is 492 g/mol. The number of hydrogen-bond donors (Lipinski definition) is 1. The fourth-order valence-corrected chi connectivity index (χ4v) is 4.86. The Morgan fingerprint density at radius 1 is 0.892 bits per heavy atom. The van der Waals surface area contributed by atoms with Gasteiger partial charge in [-0.1, -0.05) is 84.9 Å². The van der Waals surface area contributed by atoms with E-state index in [9.17, 15) is 4.79 Å². The van der Waals surface area contributed by atoms with E-state index in [4.69, 9.17) is 9.47 Å². The summed E-state index contributed by atoms with van der Waals surface area (Å²) in [5, 5.41) is 3.57. The van der Waals surface area contributed by atoms with E-state index in [-0.39, 0.29) is 18.4 Å². The molecule has 188 valence electrons. The molecule has 1 N–H and O–H groups in total. The van der Waals surface area contributed by atoms with Crippen molar-refractivity contribution in [3.63, 3.8) is 0 Å². The first-order valence-corrected chi connectivity index (χ1v) is 12.7. The number of para-hydroxylation sites is 3. The summed E-state index contributed by atoms with van der Waals surface area (Å²) < 4.78 is 12.0. The predicted molar refractivity (Wildman–Crippen MR) is 147 cm³/mol. The van der Waals surface area contributed by atoms with Gasteiger partial charge < -0.3 is 19.7 Å². The average Bonchev–Trinajstić information content (AvgIpc) is 2.97. The van der Waals surface area contributed by atoms with Gasteiger partial charge in [0, 0.05) is 29.9 Å². The average molecular weight is 493 g/mol. The van der Waals surface area contributed by atoms with Gasteiger partial charge in [0.2, 0.25) is 5.91 Å². The van der Waals surface area contributed by atoms with Gasteiger partial charge in [-0.25, -0.2) is 0 Å². The molecule has 1 aliphatic rings. The fraction of sp³-hybridized carbons (Fsp3) is 0.219. The van der Waals surface area contributed by atoms with Gasteiger partial charge >= 0.3 is 0 Å². The number of nitrogens with zero attached hydrogens (tertiary/aromatic N) is 1. The third-order valence-corrected chi connectivity index (χ3v) is 6.84. The van der Waals surface area contributed by atoms with Crippen molar-refractivity contribution in [2.75, 3.05) is 19.0 Å². The molecule has 37 heavy (non-hydrogen) atoms. The van der Waals surface area contributed by atoms with Crippen molar-refractivity contribution in [3.05, 3.63) is 125 Å². The quantitative estimate of drug-likeness (QED) is 0.378. The molecular formula is C32H32N2O3. The zero-order chi connectivity index (χ0) is 25.5. The first-order chi connectivity index (χ1) is 18.2. The Morgan fingerprint density at radius 3 is 2.43 bits per heavy atom. The molecule has 5 nitrogen and oxygen atoms in total. The Balaban J connectivity index is 1.55. The highest BCUT2D eigenvalue weighted by atomic mass is 16.5. The van der Waals surface area contributed by atoms with Crippen molar-refractivity contribution in [3.8, 4) is 11.5 Å². The molecule has 5 rings (SSSR count). The number of carbonyl (C=O) groups is 1. The second-order valence-electron chi connectivity index (χ2n) is 9.28. The van der Waals surface area contributed by atoms with Crippen LogP contribution in [0.4, 0.5) is 5.69 Å². The lowest BCUT2D eigenvalue weighted by Gasteiger charge is -2.33. The van der Waals surface area contributed by atoms with Crippen molar-refractivity contribution in [1.29, 1.82) is 0 Å². The predicted octanol–water partition coefficient (Wildman–Crippen LogP) is 5.88. The van der Waals surface area contributed by atoms with Crippen LogP contribution in [0.5, 0.6) is 11.5 Å². The minimum Gasteiger partial charge on any atom is -0.496 e. The van der Waals surface area contributed by atoms with Crippen LogP contribution in [0.2, 0.25) is 0 Å². The molecule has 0 aliphatic carbocycles. The highest BCUT2D eigenvalue weighted by Crippen LogP contribution is 2.27. The Kier molecular flexibility index (Phi) is 7.70. The highest BCUT2D eigenvalue weighted by Gasteiger charge is 2.27. The number of carbonyl (C=O) groups excluding carboxylic acids is 1. The molecule has 1 aliphatic heterocycles. The third-order valence-electron chi connectivity index (χ3n) is 6.84. The summed E-state index contributed by atoms with van der Waals surface area (Å²) in [6.45, 7) is 1.52. The topological polar surface area (TPSA) is 50.8 Å². The van der Waals surface area contributed by atoms with Gasteiger partial charge in [-0.15, -0.1) is 0 Å². The summed E-state index contributed by atoms with van der Waals surface area (Å²) in [6, 6.07) is 34.2. The van der Waals surface area contributed by atoms with E-state index in [0.29, 0.717) is 26.1 Å². The minimum atomic E-state index is -0.163. The SMILES string of the molecule is COc1ccccc1CC(=O)N1Cc2ccccc2NCc2ccccc2OC[C@@H]1Cc1ccccc1. The van der Waals surface area contributed by atoms with Crippen LogP contribution in [0.1, 0.15) is 22.3 Å². The van der Waals surface area contributed by atoms with Gasteiger partial charge in [0.25, 0.3) is 0 Å². The molecule has 0 fully saturated rings. The normalized spacial score (nSPS) is 15.3. The molecule has 0 saturated heterocycles. The Hall–Kier alpha value is -4.25. The van der Waals surface area contributed by atoms with Gasteiger partial charge in [-0.3, -0.25) is 4.79 Å². The number of benzene rings is 4. The van der Waals surface area contributed by atoms with Crippen molar-refractivity contribution < 1.29 is 14.3 Å². The molecule has 1 atom stereocenters.